The average molecular weight is 392 g/mol. The summed E-state index contributed by atoms with van der Waals surface area (Å²) < 4.78 is 9.75. The first-order chi connectivity index (χ1) is 11.7. The van der Waals surface area contributed by atoms with Gasteiger partial charge >= 0.3 is 5.97 Å². The molecule has 0 fully saturated rings. The largest absolute Gasteiger partial charge is 0.480 e. The Hall–Kier alpha value is -2.32. The number of Topliss-reactive ketones (excluding diaryl/α,β-unsaturated/α-hetero) is 1. The predicted octanol–water partition coefficient (Wildman–Crippen LogP) is 3.62. The van der Waals surface area contributed by atoms with Gasteiger partial charge in [0, 0.05) is 5.56 Å². The monoisotopic (exact) mass is 391 g/mol. The van der Waals surface area contributed by atoms with Crippen LogP contribution in [0.2, 0.25) is 10.0 Å². The molecule has 0 aromatic heterocycles. The standard InChI is InChI=1S/C15H15Cl2NO7/c1-4-8(2)15(20)10-5-6-11(14(17)13(10)16)23-7-12(19)24-9(3)25-18(21)22/h5-6,9H,2,4,7H2,1,3H3. The van der Waals surface area contributed by atoms with E-state index in [1.807, 2.05) is 0 Å². The zero-order valence-corrected chi connectivity index (χ0v) is 14.9. The highest BCUT2D eigenvalue weighted by atomic mass is 35.5. The molecule has 136 valence electrons. The Morgan fingerprint density at radius 2 is 1.96 bits per heavy atom. The first-order valence-electron chi connectivity index (χ1n) is 7.01. The molecule has 1 unspecified atom stereocenters. The van der Waals surface area contributed by atoms with Crippen molar-refractivity contribution in [1.82, 2.24) is 0 Å². The Bertz CT molecular complexity index is 705. The normalized spacial score (nSPS) is 11.4. The third-order valence-corrected chi connectivity index (χ3v) is 3.78. The lowest BCUT2D eigenvalue weighted by molar-refractivity contribution is -0.777. The van der Waals surface area contributed by atoms with E-state index < -0.39 is 24.0 Å². The smallest absolute Gasteiger partial charge is 0.346 e. The Kier molecular flexibility index (Phi) is 7.66. The van der Waals surface area contributed by atoms with E-state index in [-0.39, 0.29) is 27.1 Å². The summed E-state index contributed by atoms with van der Waals surface area (Å²) in [6.45, 7) is 6.01. The molecule has 0 heterocycles. The molecule has 0 bridgehead atoms. The molecule has 1 aromatic carbocycles. The quantitative estimate of drug-likeness (QED) is 0.158. The van der Waals surface area contributed by atoms with Crippen LogP contribution in [0, 0.1) is 10.1 Å². The molecule has 25 heavy (non-hydrogen) atoms. The minimum atomic E-state index is -1.38. The van der Waals surface area contributed by atoms with Crippen molar-refractivity contribution in [2.75, 3.05) is 6.61 Å². The summed E-state index contributed by atoms with van der Waals surface area (Å²) in [5.74, 6) is -1.21. The number of benzene rings is 1. The zero-order chi connectivity index (χ0) is 19.1. The number of allylic oxidation sites excluding steroid dienone is 1. The number of esters is 1. The van der Waals surface area contributed by atoms with Gasteiger partial charge in [0.15, 0.2) is 12.4 Å². The molecule has 0 saturated carbocycles. The maximum absolute atomic E-state index is 12.1. The van der Waals surface area contributed by atoms with Crippen molar-refractivity contribution in [3.63, 3.8) is 0 Å². The van der Waals surface area contributed by atoms with Crippen LogP contribution in [-0.4, -0.2) is 29.7 Å². The van der Waals surface area contributed by atoms with Crippen LogP contribution in [0.1, 0.15) is 30.6 Å². The second-order valence-corrected chi connectivity index (χ2v) is 5.46. The molecule has 0 N–H and O–H groups in total. The Morgan fingerprint density at radius 3 is 2.52 bits per heavy atom. The van der Waals surface area contributed by atoms with Gasteiger partial charge in [0.25, 0.3) is 5.09 Å². The number of hydrogen-bond donors (Lipinski definition) is 0. The molecule has 1 rings (SSSR count). The molecule has 0 aliphatic rings. The lowest BCUT2D eigenvalue weighted by Gasteiger charge is -2.13. The maximum atomic E-state index is 12.1. The van der Waals surface area contributed by atoms with Crippen molar-refractivity contribution < 1.29 is 29.0 Å². The van der Waals surface area contributed by atoms with Crippen molar-refractivity contribution in [3.8, 4) is 5.75 Å². The maximum Gasteiger partial charge on any atom is 0.346 e. The fourth-order valence-electron chi connectivity index (χ4n) is 1.67. The van der Waals surface area contributed by atoms with E-state index in [0.29, 0.717) is 12.0 Å². The molecule has 0 saturated heterocycles. The minimum absolute atomic E-state index is 0.0304. The van der Waals surface area contributed by atoms with Gasteiger partial charge in [-0.15, -0.1) is 10.1 Å². The fraction of sp³-hybridized carbons (Fsp3) is 0.333. The molecule has 0 aliphatic carbocycles. The van der Waals surface area contributed by atoms with Crippen LogP contribution in [0.5, 0.6) is 5.75 Å². The van der Waals surface area contributed by atoms with Crippen LogP contribution >= 0.6 is 23.2 Å². The highest BCUT2D eigenvalue weighted by molar-refractivity contribution is 6.45. The van der Waals surface area contributed by atoms with Gasteiger partial charge in [0.05, 0.1) is 5.02 Å². The average Bonchev–Trinajstić information content (AvgIpc) is 2.54. The summed E-state index contributed by atoms with van der Waals surface area (Å²) in [6, 6.07) is 2.77. The molecule has 0 spiro atoms. The molecule has 1 aromatic rings. The van der Waals surface area contributed by atoms with E-state index >= 15 is 0 Å². The van der Waals surface area contributed by atoms with Crippen LogP contribution in [0.25, 0.3) is 0 Å². The minimum Gasteiger partial charge on any atom is -0.480 e. The van der Waals surface area contributed by atoms with Gasteiger partial charge in [0.2, 0.25) is 6.29 Å². The number of carbonyl (C=O) groups is 2. The van der Waals surface area contributed by atoms with Gasteiger partial charge in [-0.2, -0.15) is 0 Å². The third-order valence-electron chi connectivity index (χ3n) is 2.92. The lowest BCUT2D eigenvalue weighted by Crippen LogP contribution is -2.24. The summed E-state index contributed by atoms with van der Waals surface area (Å²) in [5, 5.41) is 8.93. The first-order valence-corrected chi connectivity index (χ1v) is 7.76. The number of halogens is 2. The number of nitrogens with zero attached hydrogens (tertiary/aromatic N) is 1. The van der Waals surface area contributed by atoms with Crippen LogP contribution in [0.15, 0.2) is 24.3 Å². The summed E-state index contributed by atoms with van der Waals surface area (Å²) in [4.78, 5) is 37.8. The van der Waals surface area contributed by atoms with E-state index in [1.165, 1.54) is 19.1 Å². The molecule has 1 atom stereocenters. The van der Waals surface area contributed by atoms with E-state index in [2.05, 4.69) is 16.2 Å². The molecule has 0 aliphatic heterocycles. The SMILES string of the molecule is C=C(CC)C(=O)c1ccc(OCC(=O)OC(C)O[N+](=O)[O-])c(Cl)c1Cl. The van der Waals surface area contributed by atoms with Gasteiger partial charge in [-0.25, -0.2) is 4.79 Å². The third kappa shape index (κ3) is 5.91. The summed E-state index contributed by atoms with van der Waals surface area (Å²) in [5.41, 5.74) is 0.538. The number of hydrogen-bond acceptors (Lipinski definition) is 7. The van der Waals surface area contributed by atoms with Crippen molar-refractivity contribution >= 4 is 35.0 Å². The molecule has 0 amide bonds. The van der Waals surface area contributed by atoms with E-state index in [1.54, 1.807) is 6.92 Å². The van der Waals surface area contributed by atoms with Crippen LogP contribution in [0.3, 0.4) is 0 Å². The van der Waals surface area contributed by atoms with Crippen molar-refractivity contribution in [2.45, 2.75) is 26.6 Å². The van der Waals surface area contributed by atoms with E-state index in [4.69, 9.17) is 27.9 Å². The van der Waals surface area contributed by atoms with Crippen molar-refractivity contribution in [3.05, 3.63) is 50.0 Å². The van der Waals surface area contributed by atoms with Gasteiger partial charge in [0.1, 0.15) is 10.8 Å². The number of rotatable bonds is 9. The number of ether oxygens (including phenoxy) is 2. The van der Waals surface area contributed by atoms with Crippen LogP contribution < -0.4 is 4.74 Å². The highest BCUT2D eigenvalue weighted by Crippen LogP contribution is 2.35. The second kappa shape index (κ2) is 9.24. The molecule has 10 heteroatoms. The van der Waals surface area contributed by atoms with E-state index in [0.717, 1.165) is 0 Å². The van der Waals surface area contributed by atoms with Gasteiger partial charge < -0.3 is 9.47 Å². The molecular formula is C15H15Cl2NO7. The lowest BCUT2D eigenvalue weighted by atomic mass is 10.0. The second-order valence-electron chi connectivity index (χ2n) is 4.70. The van der Waals surface area contributed by atoms with E-state index in [9.17, 15) is 19.7 Å². The van der Waals surface area contributed by atoms with Crippen LogP contribution in [-0.2, 0) is 14.4 Å². The summed E-state index contributed by atoms with van der Waals surface area (Å²) in [7, 11) is 0. The topological polar surface area (TPSA) is 105 Å². The number of ketones is 1. The van der Waals surface area contributed by atoms with Gasteiger partial charge in [-0.3, -0.25) is 9.63 Å². The molecule has 8 nitrogen and oxygen atoms in total. The van der Waals surface area contributed by atoms with Crippen molar-refractivity contribution in [1.29, 1.82) is 0 Å². The van der Waals surface area contributed by atoms with Crippen LogP contribution in [0.4, 0.5) is 0 Å². The van der Waals surface area contributed by atoms with Crippen molar-refractivity contribution in [2.24, 2.45) is 0 Å². The summed E-state index contributed by atoms with van der Waals surface area (Å²) >= 11 is 12.1. The first kappa shape index (κ1) is 20.7. The Morgan fingerprint density at radius 1 is 1.32 bits per heavy atom. The Balaban J connectivity index is 2.76. The Labute approximate surface area is 153 Å². The van der Waals surface area contributed by atoms with Gasteiger partial charge in [-0.1, -0.05) is 36.7 Å². The highest BCUT2D eigenvalue weighted by Gasteiger charge is 2.19. The molecular weight excluding hydrogens is 377 g/mol. The number of carbonyl (C=O) groups excluding carboxylic acids is 2. The molecule has 0 radical (unpaired) electrons. The van der Waals surface area contributed by atoms with Gasteiger partial charge in [-0.05, 0) is 31.1 Å². The zero-order valence-electron chi connectivity index (χ0n) is 13.4. The summed E-state index contributed by atoms with van der Waals surface area (Å²) in [6.07, 6.45) is -0.924. The fourth-order valence-corrected chi connectivity index (χ4v) is 2.13. The predicted molar refractivity (Wildman–Crippen MR) is 89.4 cm³/mol.